The summed E-state index contributed by atoms with van der Waals surface area (Å²) in [5, 5.41) is 7.81. The van der Waals surface area contributed by atoms with Crippen molar-refractivity contribution in [3.8, 4) is 0 Å². The SMILES string of the molecule is CC(C)(C)NCCc1cscc1Br. The highest BCUT2D eigenvalue weighted by Gasteiger charge is 2.08. The minimum absolute atomic E-state index is 0.225. The summed E-state index contributed by atoms with van der Waals surface area (Å²) in [6.45, 7) is 7.61. The Balaban J connectivity index is 2.32. The van der Waals surface area contributed by atoms with Crippen molar-refractivity contribution in [1.29, 1.82) is 0 Å². The molecule has 3 heteroatoms. The maximum atomic E-state index is 3.53. The quantitative estimate of drug-likeness (QED) is 0.879. The maximum absolute atomic E-state index is 3.53. The summed E-state index contributed by atoms with van der Waals surface area (Å²) in [6, 6.07) is 0. The average Bonchev–Trinajstić information content (AvgIpc) is 2.34. The third-order valence-corrected chi connectivity index (χ3v) is 3.57. The van der Waals surface area contributed by atoms with Crippen LogP contribution in [0, 0.1) is 0 Å². The minimum atomic E-state index is 0.225. The van der Waals surface area contributed by atoms with E-state index in [1.54, 1.807) is 11.3 Å². The second kappa shape index (κ2) is 4.58. The molecule has 1 rings (SSSR count). The standard InChI is InChI=1S/C10H16BrNS/c1-10(2,3)12-5-4-8-6-13-7-9(8)11/h6-7,12H,4-5H2,1-3H3. The predicted octanol–water partition coefficient (Wildman–Crippen LogP) is 3.44. The smallest absolute Gasteiger partial charge is 0.0314 e. The molecule has 0 unspecified atom stereocenters. The van der Waals surface area contributed by atoms with Crippen molar-refractivity contribution in [2.24, 2.45) is 0 Å². The Morgan fingerprint density at radius 2 is 2.08 bits per heavy atom. The molecule has 1 aromatic rings. The van der Waals surface area contributed by atoms with Gasteiger partial charge in [-0.25, -0.2) is 0 Å². The molecule has 0 amide bonds. The van der Waals surface area contributed by atoms with Crippen molar-refractivity contribution in [3.63, 3.8) is 0 Å². The minimum Gasteiger partial charge on any atom is -0.312 e. The predicted molar refractivity (Wildman–Crippen MR) is 63.5 cm³/mol. The third kappa shape index (κ3) is 4.25. The van der Waals surface area contributed by atoms with Gasteiger partial charge in [-0.1, -0.05) is 0 Å². The Bertz CT molecular complexity index is 262. The van der Waals surface area contributed by atoms with E-state index in [9.17, 15) is 0 Å². The highest BCUT2D eigenvalue weighted by Crippen LogP contribution is 2.21. The van der Waals surface area contributed by atoms with Crippen LogP contribution < -0.4 is 5.32 Å². The van der Waals surface area contributed by atoms with Crippen molar-refractivity contribution in [3.05, 3.63) is 20.8 Å². The Morgan fingerprint density at radius 1 is 1.38 bits per heavy atom. The fraction of sp³-hybridized carbons (Fsp3) is 0.600. The fourth-order valence-electron chi connectivity index (χ4n) is 1.06. The van der Waals surface area contributed by atoms with Gasteiger partial charge in [-0.3, -0.25) is 0 Å². The molecule has 0 aliphatic carbocycles. The molecule has 0 bridgehead atoms. The van der Waals surface area contributed by atoms with Crippen LogP contribution in [0.25, 0.3) is 0 Å². The van der Waals surface area contributed by atoms with E-state index in [1.165, 1.54) is 10.0 Å². The third-order valence-electron chi connectivity index (χ3n) is 1.74. The molecule has 0 aromatic carbocycles. The van der Waals surface area contributed by atoms with Gasteiger partial charge < -0.3 is 5.32 Å². The largest absolute Gasteiger partial charge is 0.312 e. The summed E-state index contributed by atoms with van der Waals surface area (Å²) in [5.74, 6) is 0. The zero-order chi connectivity index (χ0) is 9.90. The fourth-order valence-corrected chi connectivity index (χ4v) is 2.59. The van der Waals surface area contributed by atoms with Crippen LogP contribution >= 0.6 is 27.3 Å². The monoisotopic (exact) mass is 261 g/mol. The van der Waals surface area contributed by atoms with Crippen LogP contribution in [0.15, 0.2) is 15.2 Å². The van der Waals surface area contributed by atoms with E-state index in [0.29, 0.717) is 0 Å². The van der Waals surface area contributed by atoms with Crippen LogP contribution in [-0.2, 0) is 6.42 Å². The van der Waals surface area contributed by atoms with Crippen LogP contribution in [-0.4, -0.2) is 12.1 Å². The van der Waals surface area contributed by atoms with Crippen molar-refractivity contribution in [1.82, 2.24) is 5.32 Å². The van der Waals surface area contributed by atoms with E-state index >= 15 is 0 Å². The van der Waals surface area contributed by atoms with E-state index in [0.717, 1.165) is 13.0 Å². The number of hydrogen-bond donors (Lipinski definition) is 1. The van der Waals surface area contributed by atoms with E-state index in [4.69, 9.17) is 0 Å². The molecule has 1 nitrogen and oxygen atoms in total. The molecule has 0 aliphatic heterocycles. The van der Waals surface area contributed by atoms with Gasteiger partial charge in [-0.05, 0) is 60.6 Å². The molecule has 0 saturated heterocycles. The Labute approximate surface area is 92.7 Å². The van der Waals surface area contributed by atoms with Gasteiger partial charge in [-0.2, -0.15) is 11.3 Å². The van der Waals surface area contributed by atoms with Crippen molar-refractivity contribution in [2.45, 2.75) is 32.7 Å². The van der Waals surface area contributed by atoms with Gasteiger partial charge in [0.15, 0.2) is 0 Å². The van der Waals surface area contributed by atoms with Gasteiger partial charge in [0.1, 0.15) is 0 Å². The maximum Gasteiger partial charge on any atom is 0.0314 e. The van der Waals surface area contributed by atoms with Crippen molar-refractivity contribution < 1.29 is 0 Å². The lowest BCUT2D eigenvalue weighted by molar-refractivity contribution is 0.429. The highest BCUT2D eigenvalue weighted by atomic mass is 79.9. The summed E-state index contributed by atoms with van der Waals surface area (Å²) >= 11 is 5.28. The zero-order valence-corrected chi connectivity index (χ0v) is 10.8. The first kappa shape index (κ1) is 11.2. The number of halogens is 1. The molecule has 13 heavy (non-hydrogen) atoms. The van der Waals surface area contributed by atoms with Gasteiger partial charge in [0.2, 0.25) is 0 Å². The average molecular weight is 262 g/mol. The van der Waals surface area contributed by atoms with Crippen LogP contribution in [0.2, 0.25) is 0 Å². The molecular formula is C10H16BrNS. The molecule has 74 valence electrons. The molecular weight excluding hydrogens is 246 g/mol. The first-order valence-corrected chi connectivity index (χ1v) is 6.18. The summed E-state index contributed by atoms with van der Waals surface area (Å²) in [6.07, 6.45) is 1.10. The van der Waals surface area contributed by atoms with Crippen molar-refractivity contribution >= 4 is 27.3 Å². The van der Waals surface area contributed by atoms with E-state index in [-0.39, 0.29) is 5.54 Å². The number of thiophene rings is 1. The molecule has 1 N–H and O–H groups in total. The topological polar surface area (TPSA) is 12.0 Å². The summed E-state index contributed by atoms with van der Waals surface area (Å²) in [5.41, 5.74) is 1.63. The van der Waals surface area contributed by atoms with Crippen LogP contribution in [0.3, 0.4) is 0 Å². The number of nitrogens with one attached hydrogen (secondary N) is 1. The first-order chi connectivity index (χ1) is 5.99. The van der Waals surface area contributed by atoms with Gasteiger partial charge in [0.05, 0.1) is 0 Å². The molecule has 0 saturated carbocycles. The Morgan fingerprint density at radius 3 is 2.54 bits per heavy atom. The lowest BCUT2D eigenvalue weighted by Gasteiger charge is -2.20. The number of rotatable bonds is 3. The van der Waals surface area contributed by atoms with Crippen molar-refractivity contribution in [2.75, 3.05) is 6.54 Å². The molecule has 1 aromatic heterocycles. The molecule has 0 radical (unpaired) electrons. The first-order valence-electron chi connectivity index (χ1n) is 4.44. The Hall–Kier alpha value is 0.140. The lowest BCUT2D eigenvalue weighted by atomic mass is 10.1. The lowest BCUT2D eigenvalue weighted by Crippen LogP contribution is -2.37. The summed E-state index contributed by atoms with van der Waals surface area (Å²) in [7, 11) is 0. The normalized spacial score (nSPS) is 12.0. The summed E-state index contributed by atoms with van der Waals surface area (Å²) < 4.78 is 1.24. The van der Waals surface area contributed by atoms with Gasteiger partial charge in [0.25, 0.3) is 0 Å². The zero-order valence-electron chi connectivity index (χ0n) is 8.36. The summed E-state index contributed by atoms with van der Waals surface area (Å²) in [4.78, 5) is 0. The van der Waals surface area contributed by atoms with Gasteiger partial charge in [0, 0.05) is 15.4 Å². The molecule has 0 spiro atoms. The molecule has 0 aliphatic rings. The van der Waals surface area contributed by atoms with Crippen LogP contribution in [0.4, 0.5) is 0 Å². The highest BCUT2D eigenvalue weighted by molar-refractivity contribution is 9.10. The molecule has 0 fully saturated rings. The van der Waals surface area contributed by atoms with Crippen LogP contribution in [0.5, 0.6) is 0 Å². The second-order valence-corrected chi connectivity index (χ2v) is 5.77. The number of hydrogen-bond acceptors (Lipinski definition) is 2. The van der Waals surface area contributed by atoms with Crippen LogP contribution in [0.1, 0.15) is 26.3 Å². The van der Waals surface area contributed by atoms with Gasteiger partial charge >= 0.3 is 0 Å². The molecule has 0 atom stereocenters. The Kier molecular flexibility index (Phi) is 3.95. The van der Waals surface area contributed by atoms with Gasteiger partial charge in [-0.15, -0.1) is 0 Å². The second-order valence-electron chi connectivity index (χ2n) is 4.17. The van der Waals surface area contributed by atoms with E-state index in [2.05, 4.69) is 52.8 Å². The molecule has 1 heterocycles. The van der Waals surface area contributed by atoms with E-state index < -0.39 is 0 Å². The van der Waals surface area contributed by atoms with E-state index in [1.807, 2.05) is 0 Å².